The third-order valence-electron chi connectivity index (χ3n) is 6.42. The molecule has 0 amide bonds. The molecule has 0 aliphatic carbocycles. The first kappa shape index (κ1) is 19.5. The van der Waals surface area contributed by atoms with Crippen LogP contribution in [0, 0.1) is 5.92 Å². The lowest BCUT2D eigenvalue weighted by Gasteiger charge is -2.52. The first-order valence-electron chi connectivity index (χ1n) is 9.51. The van der Waals surface area contributed by atoms with Crippen LogP contribution in [0.3, 0.4) is 0 Å². The van der Waals surface area contributed by atoms with Crippen LogP contribution in [0.1, 0.15) is 25.7 Å². The topological polar surface area (TPSA) is 56.3 Å². The fourth-order valence-corrected chi connectivity index (χ4v) is 6.37. The minimum atomic E-state index is -3.38. The van der Waals surface area contributed by atoms with Crippen molar-refractivity contribution in [3.8, 4) is 0 Å². The molecule has 3 heterocycles. The van der Waals surface area contributed by atoms with Gasteiger partial charge in [0.2, 0.25) is 0 Å². The molecule has 3 rings (SSSR count). The molecule has 0 aromatic rings. The van der Waals surface area contributed by atoms with Crippen molar-refractivity contribution in [2.75, 3.05) is 73.6 Å². The lowest BCUT2D eigenvalue weighted by atomic mass is 9.84. The number of likely N-dealkylation sites (tertiary alicyclic amines) is 1. The maximum Gasteiger partial charge on any atom is 0.282 e. The van der Waals surface area contributed by atoms with Gasteiger partial charge in [-0.1, -0.05) is 0 Å². The number of hydrogen-bond donors (Lipinski definition) is 0. The Bertz CT molecular complexity index is 546. The van der Waals surface area contributed by atoms with Crippen LogP contribution in [-0.4, -0.2) is 106 Å². The maximum absolute atomic E-state index is 13.3. The Morgan fingerprint density at radius 1 is 1.04 bits per heavy atom. The Hall–Kier alpha value is -0.250. The molecule has 25 heavy (non-hydrogen) atoms. The van der Waals surface area contributed by atoms with E-state index in [0.717, 1.165) is 45.3 Å². The number of nitrogens with zero attached hydrogens (tertiary/aromatic N) is 4. The van der Waals surface area contributed by atoms with E-state index in [1.807, 2.05) is 0 Å². The van der Waals surface area contributed by atoms with E-state index in [4.69, 9.17) is 4.74 Å². The van der Waals surface area contributed by atoms with Crippen LogP contribution in [0.4, 0.5) is 0 Å². The molecule has 3 aliphatic rings. The normalized spacial score (nSPS) is 30.8. The largest absolute Gasteiger partial charge is 0.384 e. The Kier molecular flexibility index (Phi) is 6.07. The number of piperazine rings is 1. The molecule has 3 aliphatic heterocycles. The predicted octanol–water partition coefficient (Wildman–Crippen LogP) is 0.301. The van der Waals surface area contributed by atoms with Gasteiger partial charge in [0, 0.05) is 45.4 Å². The molecule has 1 unspecified atom stereocenters. The minimum Gasteiger partial charge on any atom is -0.384 e. The van der Waals surface area contributed by atoms with Gasteiger partial charge in [-0.15, -0.1) is 0 Å². The van der Waals surface area contributed by atoms with Crippen molar-refractivity contribution in [1.29, 1.82) is 0 Å². The highest BCUT2D eigenvalue weighted by Gasteiger charge is 2.46. The van der Waals surface area contributed by atoms with Crippen molar-refractivity contribution in [2.45, 2.75) is 31.2 Å². The second kappa shape index (κ2) is 7.78. The third kappa shape index (κ3) is 4.04. The van der Waals surface area contributed by atoms with Gasteiger partial charge >= 0.3 is 0 Å². The average Bonchev–Trinajstić information content (AvgIpc) is 2.60. The Morgan fingerprint density at radius 2 is 1.76 bits per heavy atom. The van der Waals surface area contributed by atoms with Crippen LogP contribution >= 0.6 is 0 Å². The van der Waals surface area contributed by atoms with Crippen molar-refractivity contribution in [1.82, 2.24) is 18.4 Å². The van der Waals surface area contributed by atoms with E-state index < -0.39 is 10.2 Å². The van der Waals surface area contributed by atoms with Crippen molar-refractivity contribution in [2.24, 2.45) is 5.92 Å². The summed E-state index contributed by atoms with van der Waals surface area (Å²) in [6.45, 7) is 6.01. The molecule has 0 saturated carbocycles. The first-order valence-corrected chi connectivity index (χ1v) is 10.9. The van der Waals surface area contributed by atoms with Crippen LogP contribution in [-0.2, 0) is 14.9 Å². The molecule has 0 aromatic carbocycles. The van der Waals surface area contributed by atoms with Crippen molar-refractivity contribution >= 4 is 10.2 Å². The van der Waals surface area contributed by atoms with Crippen molar-refractivity contribution in [3.05, 3.63) is 0 Å². The molecule has 0 radical (unpaired) electrons. The Balaban J connectivity index is 1.71. The van der Waals surface area contributed by atoms with Crippen molar-refractivity contribution in [3.63, 3.8) is 0 Å². The van der Waals surface area contributed by atoms with Gasteiger partial charge in [-0.2, -0.15) is 17.0 Å². The molecular weight excluding hydrogens is 340 g/mol. The molecule has 3 saturated heterocycles. The van der Waals surface area contributed by atoms with Gasteiger partial charge in [-0.3, -0.25) is 4.90 Å². The van der Waals surface area contributed by atoms with Gasteiger partial charge in [0.1, 0.15) is 0 Å². The summed E-state index contributed by atoms with van der Waals surface area (Å²) >= 11 is 0. The predicted molar refractivity (Wildman–Crippen MR) is 98.8 cm³/mol. The quantitative estimate of drug-likeness (QED) is 0.709. The molecular formula is C17H34N4O3S. The average molecular weight is 375 g/mol. The zero-order valence-corrected chi connectivity index (χ0v) is 16.8. The molecule has 8 heteroatoms. The van der Waals surface area contributed by atoms with Gasteiger partial charge in [-0.25, -0.2) is 0 Å². The summed E-state index contributed by atoms with van der Waals surface area (Å²) in [7, 11) is 2.62. The molecule has 0 aromatic heterocycles. The summed E-state index contributed by atoms with van der Waals surface area (Å²) in [4.78, 5) is 4.74. The monoisotopic (exact) mass is 374 g/mol. The van der Waals surface area contributed by atoms with Gasteiger partial charge in [0.05, 0.1) is 6.61 Å². The summed E-state index contributed by atoms with van der Waals surface area (Å²) in [5.41, 5.74) is -0.000449. The van der Waals surface area contributed by atoms with E-state index in [0.29, 0.717) is 38.7 Å². The highest BCUT2D eigenvalue weighted by Crippen LogP contribution is 2.33. The molecule has 1 atom stereocenters. The van der Waals surface area contributed by atoms with E-state index in [2.05, 4.69) is 23.9 Å². The fourth-order valence-electron chi connectivity index (χ4n) is 4.57. The van der Waals surface area contributed by atoms with Crippen LogP contribution < -0.4 is 0 Å². The molecule has 0 bridgehead atoms. The van der Waals surface area contributed by atoms with Crippen LogP contribution in [0.25, 0.3) is 0 Å². The van der Waals surface area contributed by atoms with Crippen LogP contribution in [0.2, 0.25) is 0 Å². The second-order valence-electron chi connectivity index (χ2n) is 8.11. The summed E-state index contributed by atoms with van der Waals surface area (Å²) in [5.74, 6) is 0.318. The van der Waals surface area contributed by atoms with E-state index in [1.54, 1.807) is 15.7 Å². The first-order chi connectivity index (χ1) is 11.9. The molecule has 3 fully saturated rings. The van der Waals surface area contributed by atoms with E-state index >= 15 is 0 Å². The highest BCUT2D eigenvalue weighted by molar-refractivity contribution is 7.86. The van der Waals surface area contributed by atoms with Gasteiger partial charge in [0.15, 0.2) is 0 Å². The smallest absolute Gasteiger partial charge is 0.282 e. The summed E-state index contributed by atoms with van der Waals surface area (Å²) < 4.78 is 35.3. The Labute approximate surface area is 153 Å². The van der Waals surface area contributed by atoms with E-state index in [-0.39, 0.29) is 5.54 Å². The number of rotatable bonds is 4. The SMILES string of the molecule is COCC1CCCN(S(=O)(=O)N2CCN(C)C3(CCN(C)CC3)C2)C1. The van der Waals surface area contributed by atoms with E-state index in [9.17, 15) is 8.42 Å². The number of methoxy groups -OCH3 is 1. The molecule has 146 valence electrons. The van der Waals surface area contributed by atoms with Crippen LogP contribution in [0.15, 0.2) is 0 Å². The summed E-state index contributed by atoms with van der Waals surface area (Å²) in [5, 5.41) is 0. The molecule has 0 N–H and O–H groups in total. The summed E-state index contributed by atoms with van der Waals surface area (Å²) in [6.07, 6.45) is 4.06. The zero-order chi connectivity index (χ0) is 18.1. The Morgan fingerprint density at radius 3 is 2.44 bits per heavy atom. The number of likely N-dealkylation sites (N-methyl/N-ethyl adjacent to an activating group) is 1. The molecule has 7 nitrogen and oxygen atoms in total. The lowest BCUT2D eigenvalue weighted by Crippen LogP contribution is -2.66. The zero-order valence-electron chi connectivity index (χ0n) is 16.0. The highest BCUT2D eigenvalue weighted by atomic mass is 32.2. The molecule has 1 spiro atoms. The maximum atomic E-state index is 13.3. The third-order valence-corrected chi connectivity index (χ3v) is 8.37. The number of piperidine rings is 2. The van der Waals surface area contributed by atoms with Crippen molar-refractivity contribution < 1.29 is 13.2 Å². The number of hydrogen-bond acceptors (Lipinski definition) is 5. The second-order valence-corrected chi connectivity index (χ2v) is 10.0. The van der Waals surface area contributed by atoms with Gasteiger partial charge in [0.25, 0.3) is 10.2 Å². The summed E-state index contributed by atoms with van der Waals surface area (Å²) in [6, 6.07) is 0. The number of ether oxygens (including phenoxy) is 1. The standard InChI is InChI=1S/C17H34N4O3S/c1-18-9-6-17(7-10-18)15-21(12-11-19(17)2)25(22,23)20-8-4-5-16(13-20)14-24-3/h16H,4-15H2,1-3H3. The van der Waals surface area contributed by atoms with E-state index in [1.165, 1.54) is 0 Å². The lowest BCUT2D eigenvalue weighted by molar-refractivity contribution is -0.000123. The fraction of sp³-hybridized carbons (Fsp3) is 1.00. The van der Waals surface area contributed by atoms with Gasteiger partial charge < -0.3 is 9.64 Å². The van der Waals surface area contributed by atoms with Gasteiger partial charge in [-0.05, 0) is 58.8 Å². The minimum absolute atomic E-state index is 0.000449. The van der Waals surface area contributed by atoms with Crippen LogP contribution in [0.5, 0.6) is 0 Å².